The zero-order chi connectivity index (χ0) is 13.1. The third-order valence-electron chi connectivity index (χ3n) is 3.18. The Hall–Kier alpha value is -1.17. The lowest BCUT2D eigenvalue weighted by atomic mass is 10.2. The van der Waals surface area contributed by atoms with Gasteiger partial charge in [0.05, 0.1) is 29.3 Å². The Kier molecular flexibility index (Phi) is 4.16. The standard InChI is InChI=1S/C12H15ClN2O3/c1-18-9-4-8(7-16)15(6-9)12(17)10-2-3-14-5-11(10)13/h2-3,5,8-9,16H,4,6-7H2,1H3/t8-,9+/m0/s1. The SMILES string of the molecule is CO[C@@H]1C[C@@H](CO)N(C(=O)c2ccncc2Cl)C1. The van der Waals surface area contributed by atoms with Crippen molar-refractivity contribution in [1.29, 1.82) is 0 Å². The molecule has 1 saturated heterocycles. The molecule has 1 fully saturated rings. The van der Waals surface area contributed by atoms with Gasteiger partial charge in [-0.2, -0.15) is 0 Å². The molecule has 0 aromatic carbocycles. The number of pyridine rings is 1. The Balaban J connectivity index is 2.21. The lowest BCUT2D eigenvalue weighted by molar-refractivity contribution is 0.0648. The highest BCUT2D eigenvalue weighted by Crippen LogP contribution is 2.24. The first-order chi connectivity index (χ1) is 8.67. The quantitative estimate of drug-likeness (QED) is 0.889. The van der Waals surface area contributed by atoms with E-state index in [0.29, 0.717) is 23.6 Å². The van der Waals surface area contributed by atoms with Gasteiger partial charge in [0.15, 0.2) is 0 Å². The van der Waals surface area contributed by atoms with Gasteiger partial charge in [0.25, 0.3) is 5.91 Å². The summed E-state index contributed by atoms with van der Waals surface area (Å²) < 4.78 is 5.24. The van der Waals surface area contributed by atoms with Crippen molar-refractivity contribution in [3.05, 3.63) is 29.0 Å². The van der Waals surface area contributed by atoms with E-state index in [1.165, 1.54) is 12.4 Å². The lowest BCUT2D eigenvalue weighted by Gasteiger charge is -2.23. The van der Waals surface area contributed by atoms with Crippen LogP contribution in [0.15, 0.2) is 18.5 Å². The number of likely N-dealkylation sites (tertiary alicyclic amines) is 1. The van der Waals surface area contributed by atoms with E-state index < -0.39 is 0 Å². The van der Waals surface area contributed by atoms with Crippen LogP contribution in [0.2, 0.25) is 5.02 Å². The summed E-state index contributed by atoms with van der Waals surface area (Å²) in [5.74, 6) is -0.194. The van der Waals surface area contributed by atoms with E-state index in [9.17, 15) is 9.90 Å². The molecular formula is C12H15ClN2O3. The Morgan fingerprint density at radius 2 is 2.50 bits per heavy atom. The minimum atomic E-state index is -0.216. The third-order valence-corrected chi connectivity index (χ3v) is 3.49. The first kappa shape index (κ1) is 13.3. The summed E-state index contributed by atoms with van der Waals surface area (Å²) in [6.45, 7) is 0.396. The zero-order valence-electron chi connectivity index (χ0n) is 10.0. The molecule has 2 rings (SSSR count). The normalized spacial score (nSPS) is 23.4. The number of methoxy groups -OCH3 is 1. The molecule has 2 atom stereocenters. The van der Waals surface area contributed by atoms with Gasteiger partial charge in [-0.25, -0.2) is 0 Å². The number of hydrogen-bond donors (Lipinski definition) is 1. The number of ether oxygens (including phenoxy) is 1. The van der Waals surface area contributed by atoms with Crippen LogP contribution in [0, 0.1) is 0 Å². The lowest BCUT2D eigenvalue weighted by Crippen LogP contribution is -2.38. The average Bonchev–Trinajstić information content (AvgIpc) is 2.82. The number of halogens is 1. The maximum Gasteiger partial charge on any atom is 0.255 e. The van der Waals surface area contributed by atoms with Crippen molar-refractivity contribution in [2.75, 3.05) is 20.3 Å². The van der Waals surface area contributed by atoms with Crippen molar-refractivity contribution in [3.63, 3.8) is 0 Å². The maximum atomic E-state index is 12.3. The molecule has 5 nitrogen and oxygen atoms in total. The van der Waals surface area contributed by atoms with Crippen molar-refractivity contribution in [1.82, 2.24) is 9.88 Å². The fourth-order valence-corrected chi connectivity index (χ4v) is 2.37. The molecule has 0 saturated carbocycles. The van der Waals surface area contributed by atoms with Crippen molar-refractivity contribution < 1.29 is 14.6 Å². The van der Waals surface area contributed by atoms with Gasteiger partial charge in [-0.1, -0.05) is 11.6 Å². The first-order valence-electron chi connectivity index (χ1n) is 5.71. The summed E-state index contributed by atoms with van der Waals surface area (Å²) in [5.41, 5.74) is 0.405. The van der Waals surface area contributed by atoms with Gasteiger partial charge in [-0.15, -0.1) is 0 Å². The van der Waals surface area contributed by atoms with Crippen LogP contribution in [-0.2, 0) is 4.74 Å². The van der Waals surface area contributed by atoms with E-state index in [1.54, 1.807) is 18.1 Å². The van der Waals surface area contributed by atoms with Gasteiger partial charge >= 0.3 is 0 Å². The molecular weight excluding hydrogens is 256 g/mol. The molecule has 98 valence electrons. The van der Waals surface area contributed by atoms with E-state index in [1.807, 2.05) is 0 Å². The molecule has 6 heteroatoms. The van der Waals surface area contributed by atoms with Gasteiger partial charge in [0.1, 0.15) is 0 Å². The van der Waals surface area contributed by atoms with Gasteiger partial charge in [0.2, 0.25) is 0 Å². The van der Waals surface area contributed by atoms with Crippen molar-refractivity contribution in [2.45, 2.75) is 18.6 Å². The molecule has 1 aromatic heterocycles. The molecule has 0 spiro atoms. The van der Waals surface area contributed by atoms with E-state index in [-0.39, 0.29) is 24.7 Å². The number of rotatable bonds is 3. The highest BCUT2D eigenvalue weighted by atomic mass is 35.5. The molecule has 0 unspecified atom stereocenters. The topological polar surface area (TPSA) is 62.7 Å². The van der Waals surface area contributed by atoms with Crippen LogP contribution >= 0.6 is 11.6 Å². The average molecular weight is 271 g/mol. The molecule has 1 aliphatic rings. The van der Waals surface area contributed by atoms with Gasteiger partial charge < -0.3 is 14.7 Å². The van der Waals surface area contributed by atoms with E-state index in [0.717, 1.165) is 0 Å². The highest BCUT2D eigenvalue weighted by Gasteiger charge is 2.35. The number of aliphatic hydroxyl groups is 1. The zero-order valence-corrected chi connectivity index (χ0v) is 10.8. The second-order valence-corrected chi connectivity index (χ2v) is 4.65. The largest absolute Gasteiger partial charge is 0.394 e. The van der Waals surface area contributed by atoms with Gasteiger partial charge in [-0.05, 0) is 12.5 Å². The first-order valence-corrected chi connectivity index (χ1v) is 6.09. The van der Waals surface area contributed by atoms with Crippen molar-refractivity contribution >= 4 is 17.5 Å². The van der Waals surface area contributed by atoms with Gasteiger partial charge in [-0.3, -0.25) is 9.78 Å². The van der Waals surface area contributed by atoms with E-state index in [4.69, 9.17) is 16.3 Å². The number of amides is 1. The van der Waals surface area contributed by atoms with Crippen molar-refractivity contribution in [3.8, 4) is 0 Å². The number of aromatic nitrogens is 1. The number of nitrogens with zero attached hydrogens (tertiary/aromatic N) is 2. The van der Waals surface area contributed by atoms with Crippen LogP contribution < -0.4 is 0 Å². The fraction of sp³-hybridized carbons (Fsp3) is 0.500. The molecule has 1 aromatic rings. The molecule has 1 N–H and O–H groups in total. The van der Waals surface area contributed by atoms with Gasteiger partial charge in [0, 0.05) is 26.0 Å². The Morgan fingerprint density at radius 3 is 3.11 bits per heavy atom. The summed E-state index contributed by atoms with van der Waals surface area (Å²) in [6, 6.07) is 1.37. The minimum Gasteiger partial charge on any atom is -0.394 e. The predicted octanol–water partition coefficient (Wildman–Crippen LogP) is 0.957. The summed E-state index contributed by atoms with van der Waals surface area (Å²) in [6.07, 6.45) is 3.57. The monoisotopic (exact) mass is 270 g/mol. The van der Waals surface area contributed by atoms with E-state index >= 15 is 0 Å². The summed E-state index contributed by atoms with van der Waals surface area (Å²) in [4.78, 5) is 17.8. The van der Waals surface area contributed by atoms with Crippen LogP contribution in [0.5, 0.6) is 0 Å². The number of hydrogen-bond acceptors (Lipinski definition) is 4. The Morgan fingerprint density at radius 1 is 1.72 bits per heavy atom. The van der Waals surface area contributed by atoms with Crippen molar-refractivity contribution in [2.24, 2.45) is 0 Å². The minimum absolute atomic E-state index is 0.0355. The summed E-state index contributed by atoms with van der Waals surface area (Å²) >= 11 is 5.95. The molecule has 2 heterocycles. The van der Waals surface area contributed by atoms with Crippen LogP contribution in [-0.4, -0.2) is 53.3 Å². The predicted molar refractivity (Wildman–Crippen MR) is 66.6 cm³/mol. The molecule has 1 amide bonds. The highest BCUT2D eigenvalue weighted by molar-refractivity contribution is 6.33. The van der Waals surface area contributed by atoms with Crippen LogP contribution in [0.3, 0.4) is 0 Å². The summed E-state index contributed by atoms with van der Waals surface area (Å²) in [7, 11) is 1.60. The second kappa shape index (κ2) is 5.65. The Bertz CT molecular complexity index is 441. The number of aliphatic hydroxyl groups excluding tert-OH is 1. The molecule has 0 aliphatic carbocycles. The summed E-state index contributed by atoms with van der Waals surface area (Å²) in [5, 5.41) is 9.64. The van der Waals surface area contributed by atoms with E-state index in [2.05, 4.69) is 4.98 Å². The van der Waals surface area contributed by atoms with Crippen LogP contribution in [0.1, 0.15) is 16.8 Å². The number of carbonyl (C=O) groups is 1. The third kappa shape index (κ3) is 2.48. The fourth-order valence-electron chi connectivity index (χ4n) is 2.17. The molecule has 0 bridgehead atoms. The smallest absolute Gasteiger partial charge is 0.255 e. The molecule has 1 aliphatic heterocycles. The maximum absolute atomic E-state index is 12.3. The molecule has 0 radical (unpaired) electrons. The van der Waals surface area contributed by atoms with Crippen LogP contribution in [0.25, 0.3) is 0 Å². The van der Waals surface area contributed by atoms with Crippen LogP contribution in [0.4, 0.5) is 0 Å². The Labute approximate surface area is 110 Å². The number of carbonyl (C=O) groups excluding carboxylic acids is 1. The molecule has 18 heavy (non-hydrogen) atoms. The second-order valence-electron chi connectivity index (χ2n) is 4.24.